The maximum Gasteiger partial charge on any atom is 0.276 e. The number of nitrogens with zero attached hydrogens (tertiary/aromatic N) is 2. The largest absolute Gasteiger partial charge is 0.369 e. The van der Waals surface area contributed by atoms with E-state index < -0.39 is 0 Å². The highest BCUT2D eigenvalue weighted by Crippen LogP contribution is 2.23. The molecule has 24 heavy (non-hydrogen) atoms. The molecular formula is C19H26N4O. The first kappa shape index (κ1) is 17.9. The minimum Gasteiger partial charge on any atom is -0.369 e. The Kier molecular flexibility index (Phi) is 6.73. The van der Waals surface area contributed by atoms with E-state index in [1.54, 1.807) is 12.1 Å². The van der Waals surface area contributed by atoms with Gasteiger partial charge in [-0.05, 0) is 42.5 Å². The fourth-order valence-corrected chi connectivity index (χ4v) is 2.52. The number of nitrogens with one attached hydrogen (secondary N) is 2. The van der Waals surface area contributed by atoms with Crippen molar-refractivity contribution in [3.63, 3.8) is 0 Å². The molecule has 2 aromatic rings. The second kappa shape index (κ2) is 9.01. The van der Waals surface area contributed by atoms with Gasteiger partial charge in [-0.2, -0.15) is 0 Å². The second-order valence-corrected chi connectivity index (χ2v) is 5.70. The van der Waals surface area contributed by atoms with E-state index in [9.17, 15) is 4.79 Å². The zero-order valence-corrected chi connectivity index (χ0v) is 14.7. The minimum absolute atomic E-state index is 0.224. The van der Waals surface area contributed by atoms with Crippen molar-refractivity contribution < 1.29 is 4.79 Å². The lowest BCUT2D eigenvalue weighted by atomic mass is 10.0. The van der Waals surface area contributed by atoms with Gasteiger partial charge in [-0.25, -0.2) is 0 Å². The average Bonchev–Trinajstić information content (AvgIpc) is 2.62. The van der Waals surface area contributed by atoms with Gasteiger partial charge in [-0.15, -0.1) is 10.2 Å². The third kappa shape index (κ3) is 4.54. The van der Waals surface area contributed by atoms with Crippen LogP contribution in [-0.2, 0) is 12.8 Å². The van der Waals surface area contributed by atoms with Gasteiger partial charge in [0.05, 0.1) is 0 Å². The van der Waals surface area contributed by atoms with Gasteiger partial charge in [0, 0.05) is 12.2 Å². The Morgan fingerprint density at radius 3 is 2.25 bits per heavy atom. The molecule has 0 atom stereocenters. The van der Waals surface area contributed by atoms with Crippen molar-refractivity contribution >= 4 is 17.4 Å². The number of carbonyl (C=O) groups is 1. The Balaban J connectivity index is 2.10. The van der Waals surface area contributed by atoms with E-state index in [1.807, 2.05) is 18.2 Å². The lowest BCUT2D eigenvalue weighted by Crippen LogP contribution is -2.17. The van der Waals surface area contributed by atoms with Crippen molar-refractivity contribution in [2.45, 2.75) is 46.5 Å². The van der Waals surface area contributed by atoms with Crippen molar-refractivity contribution in [1.29, 1.82) is 0 Å². The molecule has 1 aromatic carbocycles. The predicted molar refractivity (Wildman–Crippen MR) is 98.6 cm³/mol. The molecule has 128 valence electrons. The standard InChI is InChI=1S/C19H26N4O/c1-4-7-13-20-17-12-11-16(22-23-17)19(24)21-18-14(5-2)9-8-10-15(18)6-3/h8-12H,4-7,13H2,1-3H3,(H,20,23)(H,21,24). The summed E-state index contributed by atoms with van der Waals surface area (Å²) in [4.78, 5) is 12.5. The highest BCUT2D eigenvalue weighted by atomic mass is 16.1. The number of unbranched alkanes of at least 4 members (excludes halogenated alkanes) is 1. The smallest absolute Gasteiger partial charge is 0.276 e. The van der Waals surface area contributed by atoms with E-state index in [4.69, 9.17) is 0 Å². The Labute approximate surface area is 143 Å². The molecule has 1 aromatic heterocycles. The van der Waals surface area contributed by atoms with Crippen molar-refractivity contribution in [2.24, 2.45) is 0 Å². The summed E-state index contributed by atoms with van der Waals surface area (Å²) in [5, 5.41) is 14.3. The van der Waals surface area contributed by atoms with Gasteiger partial charge in [0.25, 0.3) is 5.91 Å². The molecule has 5 heteroatoms. The Bertz CT molecular complexity index is 645. The third-order valence-electron chi connectivity index (χ3n) is 3.97. The fourth-order valence-electron chi connectivity index (χ4n) is 2.52. The lowest BCUT2D eigenvalue weighted by Gasteiger charge is -2.14. The van der Waals surface area contributed by atoms with Crippen LogP contribution in [0.25, 0.3) is 0 Å². The number of hydrogen-bond acceptors (Lipinski definition) is 4. The van der Waals surface area contributed by atoms with E-state index in [0.29, 0.717) is 11.5 Å². The van der Waals surface area contributed by atoms with Gasteiger partial charge < -0.3 is 10.6 Å². The van der Waals surface area contributed by atoms with Crippen molar-refractivity contribution in [2.75, 3.05) is 17.2 Å². The van der Waals surface area contributed by atoms with Crippen LogP contribution >= 0.6 is 0 Å². The molecule has 5 nitrogen and oxygen atoms in total. The summed E-state index contributed by atoms with van der Waals surface area (Å²) in [6.45, 7) is 7.17. The van der Waals surface area contributed by atoms with Crippen LogP contribution in [0.15, 0.2) is 30.3 Å². The molecule has 1 heterocycles. The quantitative estimate of drug-likeness (QED) is 0.718. The molecule has 0 spiro atoms. The maximum absolute atomic E-state index is 12.5. The van der Waals surface area contributed by atoms with Crippen molar-refractivity contribution in [3.8, 4) is 0 Å². The number of para-hydroxylation sites is 1. The summed E-state index contributed by atoms with van der Waals surface area (Å²) in [7, 11) is 0. The van der Waals surface area contributed by atoms with Crippen LogP contribution in [0.3, 0.4) is 0 Å². The van der Waals surface area contributed by atoms with Crippen molar-refractivity contribution in [3.05, 3.63) is 47.2 Å². The van der Waals surface area contributed by atoms with E-state index in [2.05, 4.69) is 41.6 Å². The first-order chi connectivity index (χ1) is 11.7. The molecule has 0 fully saturated rings. The van der Waals surface area contributed by atoms with Crippen LogP contribution in [0.5, 0.6) is 0 Å². The normalized spacial score (nSPS) is 10.5. The number of anilines is 2. The summed E-state index contributed by atoms with van der Waals surface area (Å²) in [6.07, 6.45) is 3.94. The topological polar surface area (TPSA) is 66.9 Å². The molecule has 0 aliphatic heterocycles. The first-order valence-corrected chi connectivity index (χ1v) is 8.69. The van der Waals surface area contributed by atoms with E-state index in [-0.39, 0.29) is 5.91 Å². The van der Waals surface area contributed by atoms with Crippen molar-refractivity contribution in [1.82, 2.24) is 10.2 Å². The highest BCUT2D eigenvalue weighted by Gasteiger charge is 2.13. The summed E-state index contributed by atoms with van der Waals surface area (Å²) in [5.41, 5.74) is 3.49. The van der Waals surface area contributed by atoms with Gasteiger partial charge in [0.1, 0.15) is 5.82 Å². The monoisotopic (exact) mass is 326 g/mol. The minimum atomic E-state index is -0.224. The molecule has 2 rings (SSSR count). The van der Waals surface area contributed by atoms with Gasteiger partial charge in [-0.1, -0.05) is 45.4 Å². The Morgan fingerprint density at radius 1 is 1.00 bits per heavy atom. The van der Waals surface area contributed by atoms with E-state index in [1.165, 1.54) is 0 Å². The van der Waals surface area contributed by atoms with Gasteiger partial charge in [0.2, 0.25) is 0 Å². The second-order valence-electron chi connectivity index (χ2n) is 5.70. The summed E-state index contributed by atoms with van der Waals surface area (Å²) >= 11 is 0. The zero-order chi connectivity index (χ0) is 17.4. The highest BCUT2D eigenvalue weighted by molar-refractivity contribution is 6.03. The zero-order valence-electron chi connectivity index (χ0n) is 14.7. The van der Waals surface area contributed by atoms with Crippen LogP contribution in [0, 0.1) is 0 Å². The SMILES string of the molecule is CCCCNc1ccc(C(=O)Nc2c(CC)cccc2CC)nn1. The lowest BCUT2D eigenvalue weighted by molar-refractivity contribution is 0.102. The molecular weight excluding hydrogens is 300 g/mol. The third-order valence-corrected chi connectivity index (χ3v) is 3.97. The van der Waals surface area contributed by atoms with Crippen LogP contribution in [0.4, 0.5) is 11.5 Å². The predicted octanol–water partition coefficient (Wildman–Crippen LogP) is 4.07. The van der Waals surface area contributed by atoms with Gasteiger partial charge in [0.15, 0.2) is 5.69 Å². The van der Waals surface area contributed by atoms with Gasteiger partial charge in [-0.3, -0.25) is 4.79 Å². The van der Waals surface area contributed by atoms with Crippen LogP contribution in [-0.4, -0.2) is 22.6 Å². The van der Waals surface area contributed by atoms with Crippen LogP contribution < -0.4 is 10.6 Å². The molecule has 0 radical (unpaired) electrons. The molecule has 0 unspecified atom stereocenters. The molecule has 1 amide bonds. The maximum atomic E-state index is 12.5. The summed E-state index contributed by atoms with van der Waals surface area (Å²) in [6, 6.07) is 9.62. The van der Waals surface area contributed by atoms with E-state index >= 15 is 0 Å². The Morgan fingerprint density at radius 2 is 1.71 bits per heavy atom. The van der Waals surface area contributed by atoms with Gasteiger partial charge >= 0.3 is 0 Å². The number of rotatable bonds is 8. The number of hydrogen-bond donors (Lipinski definition) is 2. The molecule has 0 bridgehead atoms. The number of amides is 1. The molecule has 2 N–H and O–H groups in total. The number of aryl methyl sites for hydroxylation is 2. The molecule has 0 saturated heterocycles. The molecule has 0 saturated carbocycles. The summed E-state index contributed by atoms with van der Waals surface area (Å²) < 4.78 is 0. The van der Waals surface area contributed by atoms with Crippen LogP contribution in [0.2, 0.25) is 0 Å². The number of benzene rings is 1. The molecule has 0 aliphatic carbocycles. The molecule has 0 aliphatic rings. The summed E-state index contributed by atoms with van der Waals surface area (Å²) in [5.74, 6) is 0.474. The van der Waals surface area contributed by atoms with E-state index in [0.717, 1.165) is 49.0 Å². The Hall–Kier alpha value is -2.43. The average molecular weight is 326 g/mol. The van der Waals surface area contributed by atoms with Crippen LogP contribution in [0.1, 0.15) is 55.2 Å². The number of carbonyl (C=O) groups excluding carboxylic acids is 1. The number of aromatic nitrogens is 2. The first-order valence-electron chi connectivity index (χ1n) is 8.69. The fraction of sp³-hybridized carbons (Fsp3) is 0.421.